The van der Waals surface area contributed by atoms with Crippen LogP contribution in [0, 0.1) is 56.7 Å². The third-order valence-electron chi connectivity index (χ3n) is 17.3. The van der Waals surface area contributed by atoms with Crippen LogP contribution in [0.15, 0.2) is 42.5 Å². The number of carbonyl (C=O) groups excluding carboxylic acids is 2. The number of unbranched alkanes of at least 4 members (excludes halogenated alkanes) is 4. The Kier molecular flexibility index (Phi) is 11.9. The van der Waals surface area contributed by atoms with E-state index in [4.69, 9.17) is 0 Å². The Labute approximate surface area is 326 Å². The predicted octanol–water partition coefficient (Wildman–Crippen LogP) is 9.27. The van der Waals surface area contributed by atoms with E-state index in [1.807, 2.05) is 30.3 Å². The molecule has 11 atom stereocenters. The summed E-state index contributed by atoms with van der Waals surface area (Å²) in [5.41, 5.74) is 2.45. The molecular formula is C47H72N2O5. The summed E-state index contributed by atoms with van der Waals surface area (Å²) >= 11 is 0. The molecule has 0 aliphatic heterocycles. The van der Waals surface area contributed by atoms with Gasteiger partial charge in [-0.1, -0.05) is 96.4 Å². The molecule has 2 amide bonds. The maximum Gasteiger partial charge on any atom is 0.326 e. The molecule has 7 nitrogen and oxygen atoms in total. The van der Waals surface area contributed by atoms with Gasteiger partial charge in [0.25, 0.3) is 0 Å². The fourth-order valence-electron chi connectivity index (χ4n) is 14.2. The molecule has 1 aromatic carbocycles. The van der Waals surface area contributed by atoms with Gasteiger partial charge < -0.3 is 20.8 Å². The molecule has 0 heterocycles. The Morgan fingerprint density at radius 1 is 0.815 bits per heavy atom. The standard InChI is InChI=1S/C47H72N2O5/c1-31(2)33-21-26-47(42(54)48-29-15-10-8-9-14-18-39(51)49-35(41(52)53)30-32-16-12-11-13-17-32)28-27-45(6)34(40(33)47)19-20-37-44(5)24-23-38(50)43(3,4)36(44)22-25-46(37,45)7/h11-13,16-17,33-38,40,50H,1,8-10,14-15,18-30H2,2-7H3,(H,48,54)(H,49,51)(H,52,53)/t33-,34+,35-,36-,37?,38-,40+,44-,45+,46+,47-/m0/s1. The molecule has 5 aliphatic carbocycles. The number of carboxylic acids is 1. The van der Waals surface area contributed by atoms with Gasteiger partial charge in [0.2, 0.25) is 11.8 Å². The largest absolute Gasteiger partial charge is 0.480 e. The third-order valence-corrected chi connectivity index (χ3v) is 17.3. The second kappa shape index (κ2) is 15.7. The Balaban J connectivity index is 1.02. The minimum atomic E-state index is -1.01. The van der Waals surface area contributed by atoms with Crippen LogP contribution in [0.25, 0.3) is 0 Å². The monoisotopic (exact) mass is 745 g/mol. The molecule has 54 heavy (non-hydrogen) atoms. The molecule has 5 saturated carbocycles. The summed E-state index contributed by atoms with van der Waals surface area (Å²) in [6.07, 6.45) is 16.0. The zero-order chi connectivity index (χ0) is 39.1. The van der Waals surface area contributed by atoms with Gasteiger partial charge in [-0.25, -0.2) is 4.79 Å². The van der Waals surface area contributed by atoms with Gasteiger partial charge in [0.15, 0.2) is 0 Å². The third kappa shape index (κ3) is 7.11. The van der Waals surface area contributed by atoms with E-state index in [0.717, 1.165) is 76.2 Å². The second-order valence-electron chi connectivity index (χ2n) is 20.1. The van der Waals surface area contributed by atoms with Crippen molar-refractivity contribution in [1.29, 1.82) is 0 Å². The van der Waals surface area contributed by atoms with Crippen LogP contribution in [0.2, 0.25) is 0 Å². The van der Waals surface area contributed by atoms with Crippen LogP contribution < -0.4 is 10.6 Å². The summed E-state index contributed by atoms with van der Waals surface area (Å²) in [5, 5.41) is 26.9. The Bertz CT molecular complexity index is 1540. The van der Waals surface area contributed by atoms with Crippen LogP contribution in [0.4, 0.5) is 0 Å². The molecule has 300 valence electrons. The number of carbonyl (C=O) groups is 3. The number of amides is 2. The van der Waals surface area contributed by atoms with Gasteiger partial charge in [-0.2, -0.15) is 0 Å². The highest BCUT2D eigenvalue weighted by molar-refractivity contribution is 5.84. The first-order chi connectivity index (χ1) is 25.5. The highest BCUT2D eigenvalue weighted by atomic mass is 16.4. The first kappa shape index (κ1) is 41.0. The van der Waals surface area contributed by atoms with E-state index in [1.54, 1.807) is 0 Å². The number of hydrogen-bond donors (Lipinski definition) is 4. The lowest BCUT2D eigenvalue weighted by Crippen LogP contribution is -2.67. The number of fused-ring (bicyclic) bond motifs is 7. The number of rotatable bonds is 14. The Morgan fingerprint density at radius 2 is 1.52 bits per heavy atom. The molecule has 0 bridgehead atoms. The van der Waals surface area contributed by atoms with Crippen molar-refractivity contribution in [3.8, 4) is 0 Å². The zero-order valence-electron chi connectivity index (χ0n) is 34.5. The van der Waals surface area contributed by atoms with Crippen molar-refractivity contribution in [1.82, 2.24) is 10.6 Å². The summed E-state index contributed by atoms with van der Waals surface area (Å²) in [6.45, 7) is 19.9. The molecule has 7 heteroatoms. The van der Waals surface area contributed by atoms with Crippen LogP contribution >= 0.6 is 0 Å². The van der Waals surface area contributed by atoms with Crippen LogP contribution in [-0.2, 0) is 20.8 Å². The Morgan fingerprint density at radius 3 is 2.22 bits per heavy atom. The molecule has 6 rings (SSSR count). The molecule has 4 N–H and O–H groups in total. The smallest absolute Gasteiger partial charge is 0.326 e. The number of nitrogens with one attached hydrogen (secondary N) is 2. The van der Waals surface area contributed by atoms with Gasteiger partial charge in [0, 0.05) is 19.4 Å². The number of hydrogen-bond acceptors (Lipinski definition) is 4. The predicted molar refractivity (Wildman–Crippen MR) is 215 cm³/mol. The molecule has 0 radical (unpaired) electrons. The van der Waals surface area contributed by atoms with Gasteiger partial charge in [0.1, 0.15) is 6.04 Å². The normalized spacial score (nSPS) is 38.5. The van der Waals surface area contributed by atoms with Crippen molar-refractivity contribution in [3.63, 3.8) is 0 Å². The summed E-state index contributed by atoms with van der Waals surface area (Å²) < 4.78 is 0. The van der Waals surface area contributed by atoms with Crippen molar-refractivity contribution in [2.75, 3.05) is 6.54 Å². The number of aliphatic carboxylic acids is 1. The van der Waals surface area contributed by atoms with E-state index >= 15 is 0 Å². The lowest BCUT2D eigenvalue weighted by molar-refractivity contribution is -0.246. The van der Waals surface area contributed by atoms with Gasteiger partial charge in [-0.05, 0) is 141 Å². The summed E-state index contributed by atoms with van der Waals surface area (Å²) in [4.78, 5) is 38.7. The zero-order valence-corrected chi connectivity index (χ0v) is 34.5. The minimum Gasteiger partial charge on any atom is -0.480 e. The number of carboxylic acid groups (broad SMARTS) is 1. The molecule has 1 aromatic rings. The molecule has 0 spiro atoms. The van der Waals surface area contributed by atoms with Gasteiger partial charge in [-0.3, -0.25) is 9.59 Å². The number of allylic oxidation sites excluding steroid dienone is 1. The highest BCUT2D eigenvalue weighted by Gasteiger charge is 2.71. The maximum atomic E-state index is 14.5. The molecular weight excluding hydrogens is 673 g/mol. The summed E-state index contributed by atoms with van der Waals surface area (Å²) in [5.74, 6) is 1.53. The highest BCUT2D eigenvalue weighted by Crippen LogP contribution is 2.77. The summed E-state index contributed by atoms with van der Waals surface area (Å²) in [6, 6.07) is 8.46. The van der Waals surface area contributed by atoms with Gasteiger partial charge >= 0.3 is 5.97 Å². The van der Waals surface area contributed by atoms with E-state index in [1.165, 1.54) is 31.3 Å². The van der Waals surface area contributed by atoms with E-state index in [2.05, 4.69) is 58.8 Å². The fraction of sp³-hybridized carbons (Fsp3) is 0.766. The topological polar surface area (TPSA) is 116 Å². The molecule has 0 saturated heterocycles. The lowest BCUT2D eigenvalue weighted by Gasteiger charge is -2.72. The van der Waals surface area contributed by atoms with E-state index in [0.29, 0.717) is 42.6 Å². The summed E-state index contributed by atoms with van der Waals surface area (Å²) in [7, 11) is 0. The van der Waals surface area contributed by atoms with Crippen LogP contribution in [-0.4, -0.2) is 46.7 Å². The number of aliphatic hydroxyl groups is 1. The van der Waals surface area contributed by atoms with Crippen LogP contribution in [0.3, 0.4) is 0 Å². The van der Waals surface area contributed by atoms with Crippen molar-refractivity contribution < 1.29 is 24.6 Å². The van der Waals surface area contributed by atoms with Crippen molar-refractivity contribution >= 4 is 17.8 Å². The van der Waals surface area contributed by atoms with Gasteiger partial charge in [0.05, 0.1) is 11.5 Å². The van der Waals surface area contributed by atoms with Gasteiger partial charge in [-0.15, -0.1) is 0 Å². The maximum absolute atomic E-state index is 14.5. The van der Waals surface area contributed by atoms with Crippen molar-refractivity contribution in [2.24, 2.45) is 56.7 Å². The lowest BCUT2D eigenvalue weighted by atomic mass is 9.32. The average molecular weight is 745 g/mol. The number of benzene rings is 1. The van der Waals surface area contributed by atoms with E-state index < -0.39 is 12.0 Å². The molecule has 0 aromatic heterocycles. The van der Waals surface area contributed by atoms with Crippen LogP contribution in [0.1, 0.15) is 150 Å². The van der Waals surface area contributed by atoms with E-state index in [9.17, 15) is 24.6 Å². The minimum absolute atomic E-state index is 0.0465. The average Bonchev–Trinajstić information content (AvgIpc) is 3.53. The first-order valence-corrected chi connectivity index (χ1v) is 21.7. The molecule has 5 fully saturated rings. The fourth-order valence-corrected chi connectivity index (χ4v) is 14.2. The second-order valence-corrected chi connectivity index (χ2v) is 20.1. The first-order valence-electron chi connectivity index (χ1n) is 21.7. The SMILES string of the molecule is C=C(C)[C@@H]1CC[C@]2(C(=O)NCCCCCCCC(=O)N[C@@H](Cc3ccccc3)C(=O)O)CC[C@]3(C)[C@H](CCC4[C@@]5(C)CC[C@H](O)C(C)(C)[C@@H]5CC[C@]43C)[C@@H]12. The molecule has 5 aliphatic rings. The van der Waals surface area contributed by atoms with Crippen LogP contribution in [0.5, 0.6) is 0 Å². The molecule has 1 unspecified atom stereocenters. The van der Waals surface area contributed by atoms with E-state index in [-0.39, 0.29) is 51.4 Å². The quantitative estimate of drug-likeness (QED) is 0.112. The number of aliphatic hydroxyl groups excluding tert-OH is 1. The van der Waals surface area contributed by atoms with Crippen molar-refractivity contribution in [2.45, 2.75) is 163 Å². The van der Waals surface area contributed by atoms with Crippen molar-refractivity contribution in [3.05, 3.63) is 48.0 Å². The Hall–Kier alpha value is -2.67.